The van der Waals surface area contributed by atoms with Gasteiger partial charge in [-0.3, -0.25) is 9.69 Å². The van der Waals surface area contributed by atoms with Crippen LogP contribution in [-0.4, -0.2) is 82.7 Å². The Morgan fingerprint density at radius 2 is 1.54 bits per heavy atom. The monoisotopic (exact) mass is 781 g/mol. The molecule has 1 heterocycles. The predicted octanol–water partition coefficient (Wildman–Crippen LogP) is 8.28. The van der Waals surface area contributed by atoms with Gasteiger partial charge in [0.25, 0.3) is 15.9 Å². The maximum Gasteiger partial charge on any atom is 0.264 e. The van der Waals surface area contributed by atoms with Crippen molar-refractivity contribution in [2.75, 3.05) is 62.8 Å². The Morgan fingerprint density at radius 3 is 2.22 bits per heavy atom. The lowest BCUT2D eigenvalue weighted by molar-refractivity contribution is 0.0981. The van der Waals surface area contributed by atoms with Gasteiger partial charge in [-0.05, 0) is 123 Å². The molecule has 1 fully saturated rings. The Labute approximate surface area is 329 Å². The molecule has 11 heteroatoms. The number of nitrogens with one attached hydrogen (secondary N) is 2. The first-order valence-corrected chi connectivity index (χ1v) is 21.1. The molecule has 0 aliphatic carbocycles. The van der Waals surface area contributed by atoms with E-state index in [0.29, 0.717) is 0 Å². The van der Waals surface area contributed by atoms with Crippen molar-refractivity contribution in [2.45, 2.75) is 35.7 Å². The maximum atomic E-state index is 13.4. The molecule has 5 aromatic carbocycles. The summed E-state index contributed by atoms with van der Waals surface area (Å²) in [5, 5.41) is 4.36. The first-order valence-electron chi connectivity index (χ1n) is 18.2. The van der Waals surface area contributed by atoms with Crippen molar-refractivity contribution in [1.29, 1.82) is 0 Å². The molecule has 1 aliphatic rings. The second kappa shape index (κ2) is 18.3. The van der Waals surface area contributed by atoms with Gasteiger partial charge in [-0.1, -0.05) is 66.2 Å². The van der Waals surface area contributed by atoms with Crippen molar-refractivity contribution < 1.29 is 13.2 Å². The van der Waals surface area contributed by atoms with Crippen LogP contribution in [0.5, 0.6) is 0 Å². The van der Waals surface area contributed by atoms with E-state index in [1.165, 1.54) is 16.0 Å². The van der Waals surface area contributed by atoms with Gasteiger partial charge >= 0.3 is 0 Å². The quantitative estimate of drug-likeness (QED) is 0.103. The lowest BCUT2D eigenvalue weighted by atomic mass is 9.99. The Kier molecular flexibility index (Phi) is 13.4. The summed E-state index contributed by atoms with van der Waals surface area (Å²) in [6.07, 6.45) is 0.929. The number of benzene rings is 5. The second-order valence-corrected chi connectivity index (χ2v) is 17.2. The van der Waals surface area contributed by atoms with Gasteiger partial charge in [0.15, 0.2) is 0 Å². The fourth-order valence-electron chi connectivity index (χ4n) is 6.55. The molecule has 0 radical (unpaired) electrons. The van der Waals surface area contributed by atoms with Crippen LogP contribution in [0, 0.1) is 6.92 Å². The van der Waals surface area contributed by atoms with E-state index in [4.69, 9.17) is 11.6 Å². The van der Waals surface area contributed by atoms with Gasteiger partial charge in [0.05, 0.1) is 4.90 Å². The summed E-state index contributed by atoms with van der Waals surface area (Å²) in [7, 11) is 0.0290. The molecule has 0 spiro atoms. The summed E-state index contributed by atoms with van der Waals surface area (Å²) >= 11 is 7.92. The highest BCUT2D eigenvalue weighted by atomic mass is 35.5. The zero-order valence-electron chi connectivity index (χ0n) is 31.0. The average molecular weight is 782 g/mol. The first kappa shape index (κ1) is 39.4. The van der Waals surface area contributed by atoms with Gasteiger partial charge in [-0.15, -0.1) is 11.8 Å². The highest BCUT2D eigenvalue weighted by Crippen LogP contribution is 2.28. The third-order valence-corrected chi connectivity index (χ3v) is 12.4. The van der Waals surface area contributed by atoms with Crippen LogP contribution < -0.4 is 14.9 Å². The minimum absolute atomic E-state index is 0.0488. The molecule has 1 saturated heterocycles. The van der Waals surface area contributed by atoms with Gasteiger partial charge in [-0.25, -0.2) is 13.1 Å². The zero-order valence-corrected chi connectivity index (χ0v) is 33.4. The normalized spacial score (nSPS) is 14.2. The van der Waals surface area contributed by atoms with Crippen LogP contribution in [0.1, 0.15) is 27.9 Å². The third kappa shape index (κ3) is 10.7. The number of nitrogens with zero attached hydrogens (tertiary/aromatic N) is 3. The minimum Gasteiger partial charge on any atom is -0.381 e. The molecular weight excluding hydrogens is 734 g/mol. The van der Waals surface area contributed by atoms with Crippen molar-refractivity contribution in [3.05, 3.63) is 143 Å². The van der Waals surface area contributed by atoms with E-state index in [9.17, 15) is 13.2 Å². The summed E-state index contributed by atoms with van der Waals surface area (Å²) in [4.78, 5) is 21.3. The molecule has 1 atom stereocenters. The van der Waals surface area contributed by atoms with E-state index in [1.807, 2.05) is 49.4 Å². The number of rotatable bonds is 15. The number of hydrogen-bond acceptors (Lipinski definition) is 8. The SMILES string of the molecule is Cc1cc(S(=O)(=O)NC(=O)c2ccc(N3CCN(Cc4ccccc4-c4ccc(Cl)cc4)CC3)cc2)ccc1N[C@H](CCN(C)C)CSc1ccccc1. The molecule has 282 valence electrons. The van der Waals surface area contributed by atoms with Crippen LogP contribution in [0.15, 0.2) is 131 Å². The Balaban J connectivity index is 1.02. The number of aryl methyl sites for hydroxylation is 1. The summed E-state index contributed by atoms with van der Waals surface area (Å²) < 4.78 is 29.0. The maximum absolute atomic E-state index is 13.4. The number of carbonyl (C=O) groups excluding carboxylic acids is 1. The molecule has 1 amide bonds. The van der Waals surface area contributed by atoms with Crippen molar-refractivity contribution in [3.63, 3.8) is 0 Å². The van der Waals surface area contributed by atoms with Crippen molar-refractivity contribution in [3.8, 4) is 11.1 Å². The molecule has 0 bridgehead atoms. The third-order valence-electron chi connectivity index (χ3n) is 9.65. The molecule has 0 saturated carbocycles. The topological polar surface area (TPSA) is 85.0 Å². The summed E-state index contributed by atoms with van der Waals surface area (Å²) in [6, 6.07) is 39.1. The number of carbonyl (C=O) groups is 1. The Morgan fingerprint density at radius 1 is 0.852 bits per heavy atom. The van der Waals surface area contributed by atoms with Crippen LogP contribution in [0.4, 0.5) is 11.4 Å². The van der Waals surface area contributed by atoms with Crippen LogP contribution >= 0.6 is 23.4 Å². The molecule has 0 unspecified atom stereocenters. The molecule has 2 N–H and O–H groups in total. The second-order valence-electron chi connectivity index (χ2n) is 13.9. The molecular formula is C43H48ClN5O3S2. The number of thioether (sulfide) groups is 1. The van der Waals surface area contributed by atoms with Crippen molar-refractivity contribution in [2.24, 2.45) is 0 Å². The van der Waals surface area contributed by atoms with Crippen LogP contribution in [0.2, 0.25) is 5.02 Å². The van der Waals surface area contributed by atoms with Crippen LogP contribution in [0.3, 0.4) is 0 Å². The molecule has 0 aromatic heterocycles. The fraction of sp³-hybridized carbons (Fsp3) is 0.279. The van der Waals surface area contributed by atoms with E-state index in [1.54, 1.807) is 42.1 Å². The van der Waals surface area contributed by atoms with Crippen LogP contribution in [-0.2, 0) is 16.6 Å². The van der Waals surface area contributed by atoms with Crippen molar-refractivity contribution in [1.82, 2.24) is 14.5 Å². The average Bonchev–Trinajstić information content (AvgIpc) is 3.17. The van der Waals surface area contributed by atoms with E-state index in [2.05, 4.69) is 87.4 Å². The molecule has 54 heavy (non-hydrogen) atoms. The van der Waals surface area contributed by atoms with E-state index < -0.39 is 15.9 Å². The highest BCUT2D eigenvalue weighted by Gasteiger charge is 2.22. The van der Waals surface area contributed by atoms with E-state index >= 15 is 0 Å². The van der Waals surface area contributed by atoms with Gasteiger partial charge in [0.2, 0.25) is 0 Å². The smallest absolute Gasteiger partial charge is 0.264 e. The number of anilines is 2. The molecule has 5 aromatic rings. The number of sulfonamides is 1. The standard InChI is InChI=1S/C43H48ClN5O3S2/c1-32-29-40(21-22-42(32)45-37(23-24-47(2)3)31-53-39-10-5-4-6-11-39)54(51,52)46-43(50)34-15-19-38(20-16-34)49-27-25-48(26-28-49)30-35-9-7-8-12-41(35)33-13-17-36(44)18-14-33/h4-22,29,37,45H,23-28,30-31H2,1-3H3,(H,46,50)/t37-/m1/s1. The number of hydrogen-bond donors (Lipinski definition) is 2. The minimum atomic E-state index is -4.09. The summed E-state index contributed by atoms with van der Waals surface area (Å²) in [5.74, 6) is 0.204. The van der Waals surface area contributed by atoms with Gasteiger partial charge in [0, 0.05) is 71.4 Å². The Hall–Kier alpha value is -4.32. The predicted molar refractivity (Wildman–Crippen MR) is 224 cm³/mol. The van der Waals surface area contributed by atoms with E-state index in [-0.39, 0.29) is 16.5 Å². The van der Waals surface area contributed by atoms with Gasteiger partial charge in [-0.2, -0.15) is 0 Å². The largest absolute Gasteiger partial charge is 0.381 e. The fourth-order valence-corrected chi connectivity index (χ4v) is 8.73. The highest BCUT2D eigenvalue weighted by molar-refractivity contribution is 7.99. The molecule has 8 nitrogen and oxygen atoms in total. The van der Waals surface area contributed by atoms with E-state index in [0.717, 1.165) is 79.0 Å². The molecule has 1 aliphatic heterocycles. The van der Waals surface area contributed by atoms with Crippen molar-refractivity contribution >= 4 is 50.7 Å². The lowest BCUT2D eigenvalue weighted by Crippen LogP contribution is -2.46. The lowest BCUT2D eigenvalue weighted by Gasteiger charge is -2.36. The van der Waals surface area contributed by atoms with Gasteiger partial charge in [0.1, 0.15) is 0 Å². The summed E-state index contributed by atoms with van der Waals surface area (Å²) in [5.41, 5.74) is 6.59. The Bertz CT molecular complexity index is 2110. The first-order chi connectivity index (χ1) is 26.0. The zero-order chi connectivity index (χ0) is 38.1. The number of amides is 1. The molecule has 6 rings (SSSR count). The number of piperazine rings is 1. The van der Waals surface area contributed by atoms with Crippen LogP contribution in [0.25, 0.3) is 11.1 Å². The van der Waals surface area contributed by atoms with Gasteiger partial charge < -0.3 is 15.1 Å². The summed E-state index contributed by atoms with van der Waals surface area (Å²) in [6.45, 7) is 7.13. The number of halogens is 1.